The summed E-state index contributed by atoms with van der Waals surface area (Å²) >= 11 is 5.29. The zero-order chi connectivity index (χ0) is 17.8. The van der Waals surface area contributed by atoms with Crippen LogP contribution in [-0.2, 0) is 11.3 Å². The quantitative estimate of drug-likeness (QED) is 0.711. The number of hydrogen-bond acceptors (Lipinski definition) is 6. The van der Waals surface area contributed by atoms with E-state index >= 15 is 0 Å². The van der Waals surface area contributed by atoms with E-state index in [1.165, 1.54) is 0 Å². The van der Waals surface area contributed by atoms with Crippen molar-refractivity contribution in [2.45, 2.75) is 20.4 Å². The van der Waals surface area contributed by atoms with Gasteiger partial charge in [0, 0.05) is 6.54 Å². The number of nitrogens with zero attached hydrogens (tertiary/aromatic N) is 4. The van der Waals surface area contributed by atoms with Gasteiger partial charge in [0.05, 0.1) is 24.1 Å². The highest BCUT2D eigenvalue weighted by Gasteiger charge is 2.18. The van der Waals surface area contributed by atoms with Gasteiger partial charge in [0.15, 0.2) is 10.7 Å². The Kier molecular flexibility index (Phi) is 4.91. The summed E-state index contributed by atoms with van der Waals surface area (Å²) in [6, 6.07) is 12.2. The van der Waals surface area contributed by atoms with Crippen LogP contribution in [0.3, 0.4) is 0 Å². The molecule has 0 aliphatic heterocycles. The molecule has 0 spiro atoms. The summed E-state index contributed by atoms with van der Waals surface area (Å²) in [4.78, 5) is 4.50. The highest BCUT2D eigenvalue weighted by Crippen LogP contribution is 2.22. The predicted molar refractivity (Wildman–Crippen MR) is 99.5 cm³/mol. The van der Waals surface area contributed by atoms with E-state index in [2.05, 4.69) is 21.5 Å². The third kappa shape index (κ3) is 3.30. The van der Waals surface area contributed by atoms with Gasteiger partial charge in [-0.15, -0.1) is 0 Å². The minimum absolute atomic E-state index is 0.350. The summed E-state index contributed by atoms with van der Waals surface area (Å²) in [6.07, 6.45) is 1.62. The van der Waals surface area contributed by atoms with E-state index in [0.717, 1.165) is 5.56 Å². The summed E-state index contributed by atoms with van der Waals surface area (Å²) in [5, 5.41) is 17.5. The summed E-state index contributed by atoms with van der Waals surface area (Å²) in [7, 11) is 0. The zero-order valence-corrected chi connectivity index (χ0v) is 14.8. The van der Waals surface area contributed by atoms with Crippen LogP contribution in [0.15, 0.2) is 36.5 Å². The summed E-state index contributed by atoms with van der Waals surface area (Å²) in [5.41, 5.74) is 3.40. The Morgan fingerprint density at radius 1 is 1.36 bits per heavy atom. The van der Waals surface area contributed by atoms with Crippen molar-refractivity contribution in [3.05, 3.63) is 58.9 Å². The maximum absolute atomic E-state index is 9.53. The fourth-order valence-electron chi connectivity index (χ4n) is 2.54. The molecular weight excluding hydrogens is 334 g/mol. The van der Waals surface area contributed by atoms with E-state index in [9.17, 15) is 5.26 Å². The lowest BCUT2D eigenvalue weighted by Crippen LogP contribution is -2.11. The molecule has 0 aliphatic carbocycles. The van der Waals surface area contributed by atoms with Crippen molar-refractivity contribution < 1.29 is 4.74 Å². The number of rotatable bonds is 5. The molecule has 0 saturated carbocycles. The number of benzene rings is 1. The van der Waals surface area contributed by atoms with Gasteiger partial charge in [0.1, 0.15) is 17.5 Å². The van der Waals surface area contributed by atoms with E-state index in [1.54, 1.807) is 17.6 Å². The Bertz CT molecular complexity index is 959. The third-order valence-corrected chi connectivity index (χ3v) is 4.08. The SMILES string of the molecule is CCOC(=S)c1cnn2c(NCc3ccccc3)c(C#N)c(C)nc12. The topological polar surface area (TPSA) is 75.2 Å². The van der Waals surface area contributed by atoms with Crippen LogP contribution in [0.5, 0.6) is 0 Å². The van der Waals surface area contributed by atoms with Gasteiger partial charge in [0.25, 0.3) is 0 Å². The molecule has 126 valence electrons. The van der Waals surface area contributed by atoms with Crippen LogP contribution in [0.4, 0.5) is 5.82 Å². The normalized spacial score (nSPS) is 10.4. The fraction of sp³-hybridized carbons (Fsp3) is 0.222. The first-order valence-corrected chi connectivity index (χ1v) is 8.29. The Balaban J connectivity index is 2.06. The van der Waals surface area contributed by atoms with Crippen LogP contribution in [0, 0.1) is 18.3 Å². The van der Waals surface area contributed by atoms with E-state index in [-0.39, 0.29) is 0 Å². The molecule has 1 aromatic carbocycles. The molecule has 6 nitrogen and oxygen atoms in total. The van der Waals surface area contributed by atoms with Gasteiger partial charge in [-0.05, 0) is 31.6 Å². The molecule has 3 rings (SSSR count). The molecule has 0 aliphatic rings. The number of nitriles is 1. The molecule has 0 atom stereocenters. The third-order valence-electron chi connectivity index (χ3n) is 3.74. The number of anilines is 1. The molecule has 25 heavy (non-hydrogen) atoms. The van der Waals surface area contributed by atoms with Gasteiger partial charge in [-0.25, -0.2) is 4.98 Å². The molecule has 0 amide bonds. The van der Waals surface area contributed by atoms with E-state index in [1.807, 2.05) is 37.3 Å². The molecule has 1 N–H and O–H groups in total. The molecule has 0 bridgehead atoms. The minimum atomic E-state index is 0.350. The Morgan fingerprint density at radius 2 is 2.12 bits per heavy atom. The lowest BCUT2D eigenvalue weighted by atomic mass is 10.2. The zero-order valence-electron chi connectivity index (χ0n) is 14.0. The summed E-state index contributed by atoms with van der Waals surface area (Å²) in [5.74, 6) is 0.597. The Labute approximate surface area is 151 Å². The van der Waals surface area contributed by atoms with Crippen LogP contribution in [0.1, 0.15) is 29.3 Å². The van der Waals surface area contributed by atoms with Crippen LogP contribution in [0.2, 0.25) is 0 Å². The first-order chi connectivity index (χ1) is 12.2. The monoisotopic (exact) mass is 351 g/mol. The molecule has 0 saturated heterocycles. The molecule has 0 radical (unpaired) electrons. The number of hydrogen-bond donors (Lipinski definition) is 1. The van der Waals surface area contributed by atoms with Crippen LogP contribution in [0.25, 0.3) is 5.65 Å². The maximum atomic E-state index is 9.53. The van der Waals surface area contributed by atoms with Gasteiger partial charge in [0.2, 0.25) is 0 Å². The van der Waals surface area contributed by atoms with Crippen molar-refractivity contribution in [1.29, 1.82) is 5.26 Å². The number of ether oxygens (including phenoxy) is 1. The largest absolute Gasteiger partial charge is 0.483 e. The molecular formula is C18H17N5OS. The second kappa shape index (κ2) is 7.28. The highest BCUT2D eigenvalue weighted by atomic mass is 32.1. The van der Waals surface area contributed by atoms with Gasteiger partial charge < -0.3 is 10.1 Å². The average molecular weight is 351 g/mol. The van der Waals surface area contributed by atoms with Gasteiger partial charge in [-0.1, -0.05) is 30.3 Å². The lowest BCUT2D eigenvalue weighted by Gasteiger charge is -2.12. The van der Waals surface area contributed by atoms with Crippen LogP contribution in [-0.4, -0.2) is 26.3 Å². The number of fused-ring (bicyclic) bond motifs is 1. The number of thiocarbonyl (C=S) groups is 1. The summed E-state index contributed by atoms with van der Waals surface area (Å²) < 4.78 is 7.02. The van der Waals surface area contributed by atoms with Gasteiger partial charge >= 0.3 is 0 Å². The van der Waals surface area contributed by atoms with Crippen LogP contribution >= 0.6 is 12.2 Å². The van der Waals surface area contributed by atoms with Crippen molar-refractivity contribution >= 4 is 28.7 Å². The molecule has 0 fully saturated rings. The molecule has 2 aromatic heterocycles. The second-order valence-corrected chi connectivity index (χ2v) is 5.76. The minimum Gasteiger partial charge on any atom is -0.483 e. The molecule has 7 heteroatoms. The van der Waals surface area contributed by atoms with Crippen molar-refractivity contribution in [3.8, 4) is 6.07 Å². The molecule has 0 unspecified atom stereocenters. The van der Waals surface area contributed by atoms with Crippen molar-refractivity contribution in [1.82, 2.24) is 14.6 Å². The lowest BCUT2D eigenvalue weighted by molar-refractivity contribution is 0.338. The van der Waals surface area contributed by atoms with Crippen molar-refractivity contribution in [2.24, 2.45) is 0 Å². The van der Waals surface area contributed by atoms with Crippen molar-refractivity contribution in [2.75, 3.05) is 11.9 Å². The smallest absolute Gasteiger partial charge is 0.196 e. The van der Waals surface area contributed by atoms with Gasteiger partial charge in [-0.3, -0.25) is 0 Å². The van der Waals surface area contributed by atoms with Gasteiger partial charge in [-0.2, -0.15) is 14.9 Å². The second-order valence-electron chi connectivity index (χ2n) is 5.39. The Morgan fingerprint density at radius 3 is 2.80 bits per heavy atom. The van der Waals surface area contributed by atoms with Crippen LogP contribution < -0.4 is 5.32 Å². The van der Waals surface area contributed by atoms with Crippen molar-refractivity contribution in [3.63, 3.8) is 0 Å². The fourth-order valence-corrected chi connectivity index (χ4v) is 2.80. The highest BCUT2D eigenvalue weighted by molar-refractivity contribution is 7.80. The first-order valence-electron chi connectivity index (χ1n) is 7.89. The number of aromatic nitrogens is 3. The summed E-state index contributed by atoms with van der Waals surface area (Å²) in [6.45, 7) is 4.72. The molecule has 3 aromatic rings. The first kappa shape index (κ1) is 16.9. The maximum Gasteiger partial charge on any atom is 0.196 e. The number of aryl methyl sites for hydroxylation is 1. The van der Waals surface area contributed by atoms with E-state index < -0.39 is 0 Å². The predicted octanol–water partition coefficient (Wildman–Crippen LogP) is 3.23. The van der Waals surface area contributed by atoms with E-state index in [4.69, 9.17) is 17.0 Å². The Hall–Kier alpha value is -2.98. The van der Waals surface area contributed by atoms with E-state index in [0.29, 0.717) is 46.5 Å². The molecule has 2 heterocycles. The standard InChI is InChI=1S/C18H17N5OS/c1-3-24-18(25)15-11-21-23-16(14(9-19)12(2)22-17(15)23)20-10-13-7-5-4-6-8-13/h4-8,11,20H,3,10H2,1-2H3. The number of nitrogens with one attached hydrogen (secondary N) is 1. The average Bonchev–Trinajstić information content (AvgIpc) is 3.04.